The summed E-state index contributed by atoms with van der Waals surface area (Å²) in [7, 11) is 0. The summed E-state index contributed by atoms with van der Waals surface area (Å²) in [4.78, 5) is 29.0. The minimum Gasteiger partial charge on any atom is -0.378 e. The van der Waals surface area contributed by atoms with Crippen molar-refractivity contribution in [1.29, 1.82) is 0 Å². The molecule has 2 saturated heterocycles. The summed E-state index contributed by atoms with van der Waals surface area (Å²) in [5, 5.41) is 4.11. The molecule has 154 valence electrons. The SMILES string of the molecule is CC(NC(=O)CN1CCC(C(=O)N2CCOCC2)CC1)c1ccc(Cl)cc1Cl. The van der Waals surface area contributed by atoms with Crippen LogP contribution in [0.1, 0.15) is 31.4 Å². The lowest BCUT2D eigenvalue weighted by molar-refractivity contribution is -0.141. The number of carbonyl (C=O) groups is 2. The van der Waals surface area contributed by atoms with Gasteiger partial charge in [0.2, 0.25) is 11.8 Å². The van der Waals surface area contributed by atoms with Crippen molar-refractivity contribution < 1.29 is 14.3 Å². The van der Waals surface area contributed by atoms with Crippen LogP contribution in [0, 0.1) is 5.92 Å². The van der Waals surface area contributed by atoms with Crippen molar-refractivity contribution in [3.8, 4) is 0 Å². The van der Waals surface area contributed by atoms with Crippen molar-refractivity contribution >= 4 is 35.0 Å². The van der Waals surface area contributed by atoms with E-state index in [2.05, 4.69) is 10.2 Å². The maximum Gasteiger partial charge on any atom is 0.234 e. The topological polar surface area (TPSA) is 61.9 Å². The van der Waals surface area contributed by atoms with Crippen LogP contribution in [-0.2, 0) is 14.3 Å². The van der Waals surface area contributed by atoms with E-state index in [0.29, 0.717) is 42.9 Å². The molecule has 2 amide bonds. The van der Waals surface area contributed by atoms with Crippen molar-refractivity contribution in [2.45, 2.75) is 25.8 Å². The zero-order valence-electron chi connectivity index (χ0n) is 16.1. The maximum atomic E-state index is 12.6. The Hall–Kier alpha value is -1.34. The summed E-state index contributed by atoms with van der Waals surface area (Å²) in [5.74, 6) is 0.249. The number of amides is 2. The normalized spacial score (nSPS) is 20.0. The highest BCUT2D eigenvalue weighted by molar-refractivity contribution is 6.35. The number of rotatable bonds is 5. The van der Waals surface area contributed by atoms with Crippen LogP contribution in [0.15, 0.2) is 18.2 Å². The summed E-state index contributed by atoms with van der Waals surface area (Å²) in [6.45, 7) is 6.36. The number of ether oxygens (including phenoxy) is 1. The predicted molar refractivity (Wildman–Crippen MR) is 110 cm³/mol. The summed E-state index contributed by atoms with van der Waals surface area (Å²) in [6, 6.07) is 5.08. The highest BCUT2D eigenvalue weighted by Crippen LogP contribution is 2.26. The molecule has 1 atom stereocenters. The van der Waals surface area contributed by atoms with Gasteiger partial charge in [0, 0.05) is 29.1 Å². The number of hydrogen-bond acceptors (Lipinski definition) is 4. The molecule has 3 rings (SSSR count). The van der Waals surface area contributed by atoms with Crippen LogP contribution in [0.3, 0.4) is 0 Å². The summed E-state index contributed by atoms with van der Waals surface area (Å²) >= 11 is 12.1. The fourth-order valence-electron chi connectivity index (χ4n) is 3.80. The van der Waals surface area contributed by atoms with Gasteiger partial charge < -0.3 is 15.0 Å². The lowest BCUT2D eigenvalue weighted by atomic mass is 9.95. The van der Waals surface area contributed by atoms with Crippen LogP contribution in [0.4, 0.5) is 0 Å². The number of benzene rings is 1. The number of likely N-dealkylation sites (tertiary alicyclic amines) is 1. The molecule has 0 bridgehead atoms. The van der Waals surface area contributed by atoms with E-state index in [1.165, 1.54) is 0 Å². The van der Waals surface area contributed by atoms with Gasteiger partial charge in [-0.3, -0.25) is 14.5 Å². The van der Waals surface area contributed by atoms with E-state index in [9.17, 15) is 9.59 Å². The highest BCUT2D eigenvalue weighted by Gasteiger charge is 2.30. The second kappa shape index (κ2) is 9.92. The first kappa shape index (κ1) is 21.4. The Bertz CT molecular complexity index is 702. The van der Waals surface area contributed by atoms with Crippen molar-refractivity contribution in [3.63, 3.8) is 0 Å². The van der Waals surface area contributed by atoms with Gasteiger partial charge in [-0.2, -0.15) is 0 Å². The highest BCUT2D eigenvalue weighted by atomic mass is 35.5. The van der Waals surface area contributed by atoms with E-state index >= 15 is 0 Å². The van der Waals surface area contributed by atoms with Crippen LogP contribution in [-0.4, -0.2) is 67.6 Å². The van der Waals surface area contributed by atoms with Crippen LogP contribution in [0.2, 0.25) is 10.0 Å². The van der Waals surface area contributed by atoms with Crippen molar-refractivity contribution in [2.24, 2.45) is 5.92 Å². The maximum absolute atomic E-state index is 12.6. The van der Waals surface area contributed by atoms with Gasteiger partial charge in [0.15, 0.2) is 0 Å². The fourth-order valence-corrected chi connectivity index (χ4v) is 4.37. The Balaban J connectivity index is 1.43. The zero-order valence-corrected chi connectivity index (χ0v) is 17.6. The molecule has 8 heteroatoms. The van der Waals surface area contributed by atoms with Crippen molar-refractivity contribution in [3.05, 3.63) is 33.8 Å². The third kappa shape index (κ3) is 5.60. The van der Waals surface area contributed by atoms with E-state index in [1.807, 2.05) is 17.9 Å². The average Bonchev–Trinajstić information content (AvgIpc) is 2.68. The Kier molecular flexibility index (Phi) is 7.57. The number of carbonyl (C=O) groups excluding carboxylic acids is 2. The van der Waals surface area contributed by atoms with Gasteiger partial charge in [-0.05, 0) is 50.6 Å². The van der Waals surface area contributed by atoms with Crippen LogP contribution < -0.4 is 5.32 Å². The van der Waals surface area contributed by atoms with Crippen molar-refractivity contribution in [1.82, 2.24) is 15.1 Å². The Morgan fingerprint density at radius 3 is 2.50 bits per heavy atom. The molecule has 0 radical (unpaired) electrons. The van der Waals surface area contributed by atoms with Crippen LogP contribution >= 0.6 is 23.2 Å². The summed E-state index contributed by atoms with van der Waals surface area (Å²) in [5.41, 5.74) is 0.842. The first-order chi connectivity index (χ1) is 13.4. The molecule has 1 aromatic carbocycles. The van der Waals surface area contributed by atoms with E-state index in [1.54, 1.807) is 12.1 Å². The number of halogens is 2. The lowest BCUT2D eigenvalue weighted by Gasteiger charge is -2.35. The van der Waals surface area contributed by atoms with Gasteiger partial charge in [0.1, 0.15) is 0 Å². The molecule has 1 N–H and O–H groups in total. The minimum absolute atomic E-state index is 0.0449. The van der Waals surface area contributed by atoms with Gasteiger partial charge in [0.25, 0.3) is 0 Å². The third-order valence-corrected chi connectivity index (χ3v) is 6.00. The summed E-state index contributed by atoms with van der Waals surface area (Å²) < 4.78 is 5.31. The Labute approximate surface area is 176 Å². The fraction of sp³-hybridized carbons (Fsp3) is 0.600. The standard InChI is InChI=1S/C20H27Cl2N3O3/c1-14(17-3-2-16(21)12-18(17)22)23-19(26)13-24-6-4-15(5-7-24)20(27)25-8-10-28-11-9-25/h2-3,12,14-15H,4-11,13H2,1H3,(H,23,26). The third-order valence-electron chi connectivity index (χ3n) is 5.43. The van der Waals surface area contributed by atoms with Crippen molar-refractivity contribution in [2.75, 3.05) is 45.9 Å². The first-order valence-electron chi connectivity index (χ1n) is 9.77. The first-order valence-corrected chi connectivity index (χ1v) is 10.5. The lowest BCUT2D eigenvalue weighted by Crippen LogP contribution is -2.48. The van der Waals surface area contributed by atoms with Gasteiger partial charge >= 0.3 is 0 Å². The number of piperidine rings is 1. The van der Waals surface area contributed by atoms with Gasteiger partial charge in [-0.15, -0.1) is 0 Å². The van der Waals surface area contributed by atoms with E-state index in [-0.39, 0.29) is 23.8 Å². The van der Waals surface area contributed by atoms with E-state index in [0.717, 1.165) is 31.5 Å². The second-order valence-electron chi connectivity index (χ2n) is 7.44. The predicted octanol–water partition coefficient (Wildman–Crippen LogP) is 2.74. The molecule has 0 aromatic heterocycles. The van der Waals surface area contributed by atoms with E-state index < -0.39 is 0 Å². The number of nitrogens with zero attached hydrogens (tertiary/aromatic N) is 2. The molecule has 0 aliphatic carbocycles. The number of nitrogens with one attached hydrogen (secondary N) is 1. The zero-order chi connectivity index (χ0) is 20.1. The molecule has 2 aliphatic heterocycles. The smallest absolute Gasteiger partial charge is 0.234 e. The average molecular weight is 428 g/mol. The Morgan fingerprint density at radius 2 is 1.86 bits per heavy atom. The molecular formula is C20H27Cl2N3O3. The molecule has 6 nitrogen and oxygen atoms in total. The molecule has 1 aromatic rings. The quantitative estimate of drug-likeness (QED) is 0.784. The molecule has 1 unspecified atom stereocenters. The van der Waals surface area contributed by atoms with Gasteiger partial charge in [-0.25, -0.2) is 0 Å². The van der Waals surface area contributed by atoms with Gasteiger partial charge in [0.05, 0.1) is 25.8 Å². The van der Waals surface area contributed by atoms with Crippen LogP contribution in [0.5, 0.6) is 0 Å². The van der Waals surface area contributed by atoms with Crippen LogP contribution in [0.25, 0.3) is 0 Å². The summed E-state index contributed by atoms with van der Waals surface area (Å²) in [6.07, 6.45) is 1.59. The largest absolute Gasteiger partial charge is 0.378 e. The molecule has 28 heavy (non-hydrogen) atoms. The Morgan fingerprint density at radius 1 is 1.18 bits per heavy atom. The molecule has 0 saturated carbocycles. The van der Waals surface area contributed by atoms with E-state index in [4.69, 9.17) is 27.9 Å². The van der Waals surface area contributed by atoms with Gasteiger partial charge in [-0.1, -0.05) is 29.3 Å². The molecule has 2 aliphatic rings. The number of hydrogen-bond donors (Lipinski definition) is 1. The molecular weight excluding hydrogens is 401 g/mol. The number of morpholine rings is 1. The molecule has 2 fully saturated rings. The monoisotopic (exact) mass is 427 g/mol. The minimum atomic E-state index is -0.197. The second-order valence-corrected chi connectivity index (χ2v) is 8.29. The molecule has 2 heterocycles. The molecule has 0 spiro atoms.